The maximum absolute atomic E-state index is 5.91. The molecule has 8 nitrogen and oxygen atoms in total. The largest absolute Gasteiger partial charge is 0.381 e. The molecule has 1 aliphatic heterocycles. The Morgan fingerprint density at radius 3 is 2.68 bits per heavy atom. The molecule has 0 unspecified atom stereocenters. The van der Waals surface area contributed by atoms with E-state index in [9.17, 15) is 0 Å². The minimum atomic E-state index is 0. The first-order valence-electron chi connectivity index (χ1n) is 10.4. The van der Waals surface area contributed by atoms with Crippen molar-refractivity contribution in [3.05, 3.63) is 35.2 Å². The molecule has 3 rings (SSSR count). The molecular formula is C21H31ClIN5O3. The summed E-state index contributed by atoms with van der Waals surface area (Å²) in [4.78, 5) is 8.65. The van der Waals surface area contributed by atoms with Gasteiger partial charge in [-0.1, -0.05) is 16.8 Å². The lowest BCUT2D eigenvalue weighted by Gasteiger charge is -2.21. The van der Waals surface area contributed by atoms with E-state index in [0.717, 1.165) is 63.8 Å². The Balaban J connectivity index is 0.00000341. The van der Waals surface area contributed by atoms with Gasteiger partial charge in [0.1, 0.15) is 0 Å². The first-order chi connectivity index (χ1) is 14.7. The van der Waals surface area contributed by atoms with Crippen LogP contribution in [0.1, 0.15) is 25.2 Å². The zero-order chi connectivity index (χ0) is 21.0. The number of nitrogens with one attached hydrogen (secondary N) is 2. The van der Waals surface area contributed by atoms with E-state index in [1.807, 2.05) is 12.1 Å². The molecule has 0 aliphatic carbocycles. The predicted molar refractivity (Wildman–Crippen MR) is 132 cm³/mol. The highest BCUT2D eigenvalue weighted by Gasteiger charge is 2.13. The fourth-order valence-corrected chi connectivity index (χ4v) is 3.25. The summed E-state index contributed by atoms with van der Waals surface area (Å²) >= 11 is 5.91. The summed E-state index contributed by atoms with van der Waals surface area (Å²) in [6, 6.07) is 7.35. The first-order valence-corrected chi connectivity index (χ1v) is 10.8. The fraction of sp³-hybridized carbons (Fsp3) is 0.571. The summed E-state index contributed by atoms with van der Waals surface area (Å²) in [7, 11) is 1.75. The van der Waals surface area contributed by atoms with Crippen molar-refractivity contribution >= 4 is 41.5 Å². The normalized spacial score (nSPS) is 14.8. The van der Waals surface area contributed by atoms with Gasteiger partial charge in [-0.25, -0.2) is 0 Å². The molecule has 0 spiro atoms. The van der Waals surface area contributed by atoms with Gasteiger partial charge in [-0.05, 0) is 49.4 Å². The highest BCUT2D eigenvalue weighted by Crippen LogP contribution is 2.18. The molecule has 10 heteroatoms. The Hall–Kier alpha value is -1.43. The maximum Gasteiger partial charge on any atom is 0.228 e. The summed E-state index contributed by atoms with van der Waals surface area (Å²) < 4.78 is 16.5. The third kappa shape index (κ3) is 9.30. The molecule has 0 bridgehead atoms. The van der Waals surface area contributed by atoms with Gasteiger partial charge in [-0.2, -0.15) is 4.98 Å². The van der Waals surface area contributed by atoms with E-state index in [2.05, 4.69) is 25.8 Å². The summed E-state index contributed by atoms with van der Waals surface area (Å²) in [5.41, 5.74) is 0.874. The lowest BCUT2D eigenvalue weighted by atomic mass is 10.0. The van der Waals surface area contributed by atoms with E-state index < -0.39 is 0 Å². The first kappa shape index (κ1) is 25.8. The van der Waals surface area contributed by atoms with E-state index in [1.54, 1.807) is 19.2 Å². The number of benzene rings is 1. The maximum atomic E-state index is 5.91. The van der Waals surface area contributed by atoms with Crippen LogP contribution in [0.25, 0.3) is 11.4 Å². The Bertz CT molecular complexity index is 782. The van der Waals surface area contributed by atoms with Gasteiger partial charge in [-0.3, -0.25) is 4.99 Å². The van der Waals surface area contributed by atoms with Crippen LogP contribution in [0.2, 0.25) is 5.02 Å². The molecule has 1 aromatic carbocycles. The minimum Gasteiger partial charge on any atom is -0.381 e. The second kappa shape index (κ2) is 14.6. The van der Waals surface area contributed by atoms with E-state index in [0.29, 0.717) is 35.6 Å². The van der Waals surface area contributed by atoms with Gasteiger partial charge in [0.25, 0.3) is 0 Å². The molecule has 172 valence electrons. The molecule has 31 heavy (non-hydrogen) atoms. The fourth-order valence-electron chi connectivity index (χ4n) is 3.13. The molecule has 1 fully saturated rings. The topological polar surface area (TPSA) is 93.8 Å². The number of hydrogen-bond acceptors (Lipinski definition) is 6. The number of aliphatic imine (C=N–C) groups is 1. The Labute approximate surface area is 205 Å². The van der Waals surface area contributed by atoms with Crippen LogP contribution < -0.4 is 10.6 Å². The standard InChI is InChI=1S/C21H30ClN5O3.HI/c1-23-21(24-10-2-12-29-15-16-8-13-28-14-9-16)25-11-7-19-26-20(27-30-19)17-3-5-18(22)6-4-17;/h3-6,16H,2,7-15H2,1H3,(H2,23,24,25);1H. The van der Waals surface area contributed by atoms with Gasteiger partial charge in [0, 0.05) is 63.6 Å². The summed E-state index contributed by atoms with van der Waals surface area (Å²) in [5.74, 6) is 2.53. The molecule has 2 aromatic rings. The van der Waals surface area contributed by atoms with E-state index >= 15 is 0 Å². The molecule has 0 saturated carbocycles. The van der Waals surface area contributed by atoms with Gasteiger partial charge in [0.05, 0.1) is 0 Å². The third-order valence-corrected chi connectivity index (χ3v) is 5.13. The van der Waals surface area contributed by atoms with Crippen molar-refractivity contribution < 1.29 is 14.0 Å². The summed E-state index contributed by atoms with van der Waals surface area (Å²) in [6.07, 6.45) is 3.75. The van der Waals surface area contributed by atoms with Gasteiger partial charge < -0.3 is 24.6 Å². The number of halogens is 2. The quantitative estimate of drug-likeness (QED) is 0.198. The van der Waals surface area contributed by atoms with E-state index in [4.69, 9.17) is 25.6 Å². The van der Waals surface area contributed by atoms with Crippen LogP contribution in [-0.4, -0.2) is 62.7 Å². The zero-order valence-electron chi connectivity index (χ0n) is 17.8. The molecule has 0 atom stereocenters. The predicted octanol–water partition coefficient (Wildman–Crippen LogP) is 3.55. The van der Waals surface area contributed by atoms with Crippen LogP contribution in [0.3, 0.4) is 0 Å². The van der Waals surface area contributed by atoms with E-state index in [1.165, 1.54) is 0 Å². The van der Waals surface area contributed by atoms with Gasteiger partial charge >= 0.3 is 0 Å². The van der Waals surface area contributed by atoms with Crippen LogP contribution in [0, 0.1) is 5.92 Å². The molecule has 1 aromatic heterocycles. The molecule has 0 radical (unpaired) electrons. The average Bonchev–Trinajstić information content (AvgIpc) is 3.25. The zero-order valence-corrected chi connectivity index (χ0v) is 20.9. The molecule has 2 heterocycles. The smallest absolute Gasteiger partial charge is 0.228 e. The van der Waals surface area contributed by atoms with Crippen LogP contribution in [0.5, 0.6) is 0 Å². The van der Waals surface area contributed by atoms with Crippen molar-refractivity contribution in [1.29, 1.82) is 0 Å². The van der Waals surface area contributed by atoms with Gasteiger partial charge in [0.2, 0.25) is 11.7 Å². The SMILES string of the molecule is CN=C(NCCCOCC1CCOCC1)NCCc1nc(-c2ccc(Cl)cc2)no1.I. The lowest BCUT2D eigenvalue weighted by Crippen LogP contribution is -2.39. The molecular weight excluding hydrogens is 533 g/mol. The lowest BCUT2D eigenvalue weighted by molar-refractivity contribution is 0.0203. The Morgan fingerprint density at radius 2 is 1.94 bits per heavy atom. The molecule has 1 aliphatic rings. The van der Waals surface area contributed by atoms with Crippen LogP contribution in [-0.2, 0) is 15.9 Å². The van der Waals surface area contributed by atoms with Crippen LogP contribution in [0.4, 0.5) is 0 Å². The summed E-state index contributed by atoms with van der Waals surface area (Å²) in [5, 5.41) is 11.2. The number of aromatic nitrogens is 2. The second-order valence-electron chi connectivity index (χ2n) is 7.18. The van der Waals surface area contributed by atoms with Crippen molar-refractivity contribution in [3.8, 4) is 11.4 Å². The van der Waals surface area contributed by atoms with Crippen LogP contribution >= 0.6 is 35.6 Å². The molecule has 1 saturated heterocycles. The number of hydrogen-bond donors (Lipinski definition) is 2. The third-order valence-electron chi connectivity index (χ3n) is 4.88. The van der Waals surface area contributed by atoms with Crippen molar-refractivity contribution in [2.45, 2.75) is 25.7 Å². The average molecular weight is 564 g/mol. The van der Waals surface area contributed by atoms with Crippen molar-refractivity contribution in [3.63, 3.8) is 0 Å². The highest BCUT2D eigenvalue weighted by atomic mass is 127. The van der Waals surface area contributed by atoms with Crippen molar-refractivity contribution in [1.82, 2.24) is 20.8 Å². The van der Waals surface area contributed by atoms with Gasteiger partial charge in [0.15, 0.2) is 5.96 Å². The number of rotatable bonds is 10. The number of nitrogens with zero attached hydrogens (tertiary/aromatic N) is 3. The highest BCUT2D eigenvalue weighted by molar-refractivity contribution is 14.0. The van der Waals surface area contributed by atoms with Crippen molar-refractivity contribution in [2.24, 2.45) is 10.9 Å². The van der Waals surface area contributed by atoms with Gasteiger partial charge in [-0.15, -0.1) is 24.0 Å². The summed E-state index contributed by atoms with van der Waals surface area (Å²) in [6.45, 7) is 4.75. The van der Waals surface area contributed by atoms with Crippen LogP contribution in [0.15, 0.2) is 33.8 Å². The monoisotopic (exact) mass is 563 g/mol. The Morgan fingerprint density at radius 1 is 1.19 bits per heavy atom. The second-order valence-corrected chi connectivity index (χ2v) is 7.62. The molecule has 0 amide bonds. The number of guanidine groups is 1. The Kier molecular flexibility index (Phi) is 12.2. The molecule has 2 N–H and O–H groups in total. The van der Waals surface area contributed by atoms with Crippen molar-refractivity contribution in [2.75, 3.05) is 46.6 Å². The minimum absolute atomic E-state index is 0. The number of ether oxygens (including phenoxy) is 2. The van der Waals surface area contributed by atoms with E-state index in [-0.39, 0.29) is 24.0 Å².